The lowest BCUT2D eigenvalue weighted by Crippen LogP contribution is -2.22. The van der Waals surface area contributed by atoms with Gasteiger partial charge >= 0.3 is 5.97 Å². The van der Waals surface area contributed by atoms with Crippen LogP contribution in [0.5, 0.6) is 0 Å². The summed E-state index contributed by atoms with van der Waals surface area (Å²) in [7, 11) is 0. The molecule has 4 nitrogen and oxygen atoms in total. The van der Waals surface area contributed by atoms with Crippen molar-refractivity contribution in [3.8, 4) is 0 Å². The molecule has 0 aliphatic rings. The highest BCUT2D eigenvalue weighted by Crippen LogP contribution is 2.22. The van der Waals surface area contributed by atoms with Crippen LogP contribution in [0.2, 0.25) is 0 Å². The highest BCUT2D eigenvalue weighted by Gasteiger charge is 2.18. The first-order chi connectivity index (χ1) is 9.49. The lowest BCUT2D eigenvalue weighted by atomic mass is 10.1. The fourth-order valence-corrected chi connectivity index (χ4v) is 2.07. The van der Waals surface area contributed by atoms with E-state index in [0.717, 1.165) is 0 Å². The molecule has 0 amide bonds. The van der Waals surface area contributed by atoms with Crippen LogP contribution in [0.25, 0.3) is 0 Å². The molecule has 0 aliphatic carbocycles. The molecule has 1 heterocycles. The van der Waals surface area contributed by atoms with Crippen LogP contribution in [0.4, 0.5) is 4.39 Å². The largest absolute Gasteiger partial charge is 0.475 e. The summed E-state index contributed by atoms with van der Waals surface area (Å²) in [6, 6.07) is 9.11. The molecule has 0 saturated carbocycles. The number of carboxylic acid groups (broad SMARTS) is 1. The third-order valence-corrected chi connectivity index (χ3v) is 3.14. The quantitative estimate of drug-likeness (QED) is 0.877. The van der Waals surface area contributed by atoms with E-state index in [2.05, 4.69) is 5.32 Å². The van der Waals surface area contributed by atoms with E-state index in [1.54, 1.807) is 24.3 Å². The number of hydrogen-bond acceptors (Lipinski definition) is 3. The van der Waals surface area contributed by atoms with Crippen molar-refractivity contribution in [3.63, 3.8) is 0 Å². The number of furan rings is 1. The van der Waals surface area contributed by atoms with Crippen molar-refractivity contribution in [2.24, 2.45) is 0 Å². The Morgan fingerprint density at radius 2 is 1.90 bits per heavy atom. The predicted octanol–water partition coefficient (Wildman–Crippen LogP) is 3.53. The van der Waals surface area contributed by atoms with Crippen LogP contribution in [-0.4, -0.2) is 11.1 Å². The molecule has 0 aliphatic heterocycles. The molecular weight excluding hydrogens is 261 g/mol. The number of rotatable bonds is 5. The van der Waals surface area contributed by atoms with Gasteiger partial charge < -0.3 is 14.8 Å². The van der Waals surface area contributed by atoms with Gasteiger partial charge in [0.1, 0.15) is 11.6 Å². The van der Waals surface area contributed by atoms with Gasteiger partial charge in [0.05, 0.1) is 6.04 Å². The lowest BCUT2D eigenvalue weighted by Gasteiger charge is -2.19. The Morgan fingerprint density at radius 3 is 2.50 bits per heavy atom. The SMILES string of the molecule is CC(N[C@H](C)c1ccccc1F)c1ccc(C(=O)O)o1. The number of nitrogens with one attached hydrogen (secondary N) is 1. The van der Waals surface area contributed by atoms with Crippen LogP contribution in [-0.2, 0) is 0 Å². The number of halogens is 1. The second kappa shape index (κ2) is 5.88. The predicted molar refractivity (Wildman–Crippen MR) is 72.0 cm³/mol. The van der Waals surface area contributed by atoms with E-state index in [0.29, 0.717) is 11.3 Å². The van der Waals surface area contributed by atoms with Crippen LogP contribution in [0.15, 0.2) is 40.8 Å². The van der Waals surface area contributed by atoms with Gasteiger partial charge in [0, 0.05) is 11.6 Å². The van der Waals surface area contributed by atoms with Gasteiger partial charge in [0.2, 0.25) is 5.76 Å². The van der Waals surface area contributed by atoms with Gasteiger partial charge in [-0.2, -0.15) is 0 Å². The maximum Gasteiger partial charge on any atom is 0.371 e. The summed E-state index contributed by atoms with van der Waals surface area (Å²) in [5.74, 6) is -0.978. The molecular formula is C15H16FNO3. The number of carbonyl (C=O) groups is 1. The van der Waals surface area contributed by atoms with Crippen molar-refractivity contribution in [1.29, 1.82) is 0 Å². The Kier molecular flexibility index (Phi) is 4.20. The molecule has 0 bridgehead atoms. The summed E-state index contributed by atoms with van der Waals surface area (Å²) in [5, 5.41) is 12.0. The van der Waals surface area contributed by atoms with Crippen molar-refractivity contribution in [1.82, 2.24) is 5.32 Å². The zero-order valence-corrected chi connectivity index (χ0v) is 11.3. The molecule has 20 heavy (non-hydrogen) atoms. The molecule has 106 valence electrons. The Morgan fingerprint density at radius 1 is 1.20 bits per heavy atom. The second-order valence-corrected chi connectivity index (χ2v) is 4.64. The van der Waals surface area contributed by atoms with Gasteiger partial charge in [-0.25, -0.2) is 9.18 Å². The molecule has 0 fully saturated rings. The summed E-state index contributed by atoms with van der Waals surface area (Å²) in [6.45, 7) is 3.68. The first-order valence-corrected chi connectivity index (χ1v) is 6.32. The maximum atomic E-state index is 13.7. The average Bonchev–Trinajstić information content (AvgIpc) is 2.88. The molecule has 0 spiro atoms. The highest BCUT2D eigenvalue weighted by atomic mass is 19.1. The van der Waals surface area contributed by atoms with E-state index >= 15 is 0 Å². The minimum Gasteiger partial charge on any atom is -0.475 e. The van der Waals surface area contributed by atoms with Crippen LogP contribution in [0, 0.1) is 5.82 Å². The first kappa shape index (κ1) is 14.3. The first-order valence-electron chi connectivity index (χ1n) is 6.32. The lowest BCUT2D eigenvalue weighted by molar-refractivity contribution is 0.0659. The Hall–Kier alpha value is -2.14. The van der Waals surface area contributed by atoms with Gasteiger partial charge in [0.15, 0.2) is 0 Å². The molecule has 0 radical (unpaired) electrons. The highest BCUT2D eigenvalue weighted by molar-refractivity contribution is 5.84. The Balaban J connectivity index is 2.09. The maximum absolute atomic E-state index is 13.7. The van der Waals surface area contributed by atoms with Crippen LogP contribution < -0.4 is 5.32 Å². The van der Waals surface area contributed by atoms with E-state index in [9.17, 15) is 9.18 Å². The van der Waals surface area contributed by atoms with Gasteiger partial charge in [-0.3, -0.25) is 0 Å². The number of aromatic carboxylic acids is 1. The summed E-state index contributed by atoms with van der Waals surface area (Å²) in [5.41, 5.74) is 0.560. The minimum atomic E-state index is -1.11. The number of benzene rings is 1. The van der Waals surface area contributed by atoms with E-state index in [1.165, 1.54) is 12.1 Å². The van der Waals surface area contributed by atoms with Crippen LogP contribution in [0.1, 0.15) is 47.8 Å². The Bertz CT molecular complexity index is 609. The smallest absolute Gasteiger partial charge is 0.371 e. The third-order valence-electron chi connectivity index (χ3n) is 3.14. The fraction of sp³-hybridized carbons (Fsp3) is 0.267. The van der Waals surface area contributed by atoms with Crippen molar-refractivity contribution in [2.45, 2.75) is 25.9 Å². The normalized spacial score (nSPS) is 13.9. The van der Waals surface area contributed by atoms with Gasteiger partial charge in [-0.1, -0.05) is 18.2 Å². The van der Waals surface area contributed by atoms with Crippen molar-refractivity contribution in [3.05, 3.63) is 59.3 Å². The van der Waals surface area contributed by atoms with Crippen LogP contribution in [0.3, 0.4) is 0 Å². The molecule has 5 heteroatoms. The second-order valence-electron chi connectivity index (χ2n) is 4.64. The summed E-state index contributed by atoms with van der Waals surface area (Å²) < 4.78 is 18.9. The van der Waals surface area contributed by atoms with Crippen LogP contribution >= 0.6 is 0 Å². The zero-order valence-electron chi connectivity index (χ0n) is 11.3. The molecule has 0 saturated heterocycles. The number of hydrogen-bond donors (Lipinski definition) is 2. The van der Waals surface area contributed by atoms with E-state index < -0.39 is 5.97 Å². The summed E-state index contributed by atoms with van der Waals surface area (Å²) in [6.07, 6.45) is 0. The van der Waals surface area contributed by atoms with E-state index in [-0.39, 0.29) is 23.7 Å². The summed E-state index contributed by atoms with van der Waals surface area (Å²) in [4.78, 5) is 10.8. The molecule has 1 unspecified atom stereocenters. The molecule has 2 N–H and O–H groups in total. The third kappa shape index (κ3) is 3.05. The van der Waals surface area contributed by atoms with Gasteiger partial charge in [-0.05, 0) is 32.0 Å². The Labute approximate surface area is 116 Å². The monoisotopic (exact) mass is 277 g/mol. The number of carboxylic acids is 1. The topological polar surface area (TPSA) is 62.5 Å². The minimum absolute atomic E-state index is 0.104. The van der Waals surface area contributed by atoms with Crippen molar-refractivity contribution in [2.75, 3.05) is 0 Å². The molecule has 2 atom stereocenters. The van der Waals surface area contributed by atoms with E-state index in [1.807, 2.05) is 13.8 Å². The van der Waals surface area contributed by atoms with Gasteiger partial charge in [0.25, 0.3) is 0 Å². The zero-order chi connectivity index (χ0) is 14.7. The molecule has 2 rings (SSSR count). The van der Waals surface area contributed by atoms with E-state index in [4.69, 9.17) is 9.52 Å². The molecule has 1 aromatic heterocycles. The fourth-order valence-electron chi connectivity index (χ4n) is 2.07. The molecule has 1 aromatic carbocycles. The summed E-state index contributed by atoms with van der Waals surface area (Å²) >= 11 is 0. The average molecular weight is 277 g/mol. The molecule has 2 aromatic rings. The standard InChI is InChI=1S/C15H16FNO3/c1-9(11-5-3-4-6-12(11)16)17-10(2)13-7-8-14(20-13)15(18)19/h3-10,17H,1-2H3,(H,18,19)/t9-,10?/m1/s1. The van der Waals surface area contributed by atoms with Gasteiger partial charge in [-0.15, -0.1) is 0 Å². The van der Waals surface area contributed by atoms with Crippen molar-refractivity contribution >= 4 is 5.97 Å². The van der Waals surface area contributed by atoms with Crippen molar-refractivity contribution < 1.29 is 18.7 Å².